The van der Waals surface area contributed by atoms with Gasteiger partial charge in [0.05, 0.1) is 31.8 Å². The minimum atomic E-state index is -2.90. The maximum absolute atomic E-state index is 10.2. The summed E-state index contributed by atoms with van der Waals surface area (Å²) in [6.45, 7) is 1.88. The molecular formula is C9H20N2O7. The Kier molecular flexibility index (Phi) is 8.68. The van der Waals surface area contributed by atoms with Gasteiger partial charge in [-0.05, 0) is 0 Å². The highest BCUT2D eigenvalue weighted by molar-refractivity contribution is 5.91. The van der Waals surface area contributed by atoms with Crippen molar-refractivity contribution in [1.29, 1.82) is 0 Å². The molecule has 18 heavy (non-hydrogen) atoms. The average Bonchev–Trinajstić information content (AvgIpc) is 2.26. The SMILES string of the molecule is C=C(CC(O)(O)O)C(N)=O.NC(CO)(CO)CO. The van der Waals surface area contributed by atoms with Crippen LogP contribution in [0, 0.1) is 0 Å². The van der Waals surface area contributed by atoms with E-state index in [0.29, 0.717) is 0 Å². The minimum Gasteiger partial charge on any atom is -0.394 e. The van der Waals surface area contributed by atoms with E-state index in [0.717, 1.165) is 0 Å². The van der Waals surface area contributed by atoms with E-state index in [9.17, 15) is 4.79 Å². The van der Waals surface area contributed by atoms with Crippen molar-refractivity contribution in [3.8, 4) is 0 Å². The predicted octanol–water partition coefficient (Wildman–Crippen LogP) is -4.29. The predicted molar refractivity (Wildman–Crippen MR) is 60.5 cm³/mol. The molecule has 9 nitrogen and oxygen atoms in total. The van der Waals surface area contributed by atoms with E-state index in [1.165, 1.54) is 0 Å². The number of rotatable bonds is 6. The lowest BCUT2D eigenvalue weighted by molar-refractivity contribution is -0.309. The van der Waals surface area contributed by atoms with Gasteiger partial charge in [-0.3, -0.25) is 4.79 Å². The molecule has 0 spiro atoms. The van der Waals surface area contributed by atoms with Crippen LogP contribution in [-0.4, -0.2) is 67.9 Å². The molecule has 0 saturated heterocycles. The van der Waals surface area contributed by atoms with Gasteiger partial charge in [-0.15, -0.1) is 0 Å². The quantitative estimate of drug-likeness (QED) is 0.175. The molecule has 9 heteroatoms. The normalized spacial score (nSPS) is 11.5. The fourth-order valence-electron chi connectivity index (χ4n) is 0.523. The Labute approximate surface area is 104 Å². The van der Waals surface area contributed by atoms with Gasteiger partial charge >= 0.3 is 0 Å². The molecule has 0 aliphatic heterocycles. The fourth-order valence-corrected chi connectivity index (χ4v) is 0.523. The number of aliphatic hydroxyl groups excluding tert-OH is 3. The van der Waals surface area contributed by atoms with Gasteiger partial charge in [-0.1, -0.05) is 6.58 Å². The smallest absolute Gasteiger partial charge is 0.279 e. The van der Waals surface area contributed by atoms with E-state index >= 15 is 0 Å². The fraction of sp³-hybridized carbons (Fsp3) is 0.667. The van der Waals surface area contributed by atoms with Gasteiger partial charge in [0.2, 0.25) is 5.91 Å². The number of hydrogen-bond donors (Lipinski definition) is 8. The summed E-state index contributed by atoms with van der Waals surface area (Å²) in [7, 11) is 0. The number of hydrogen-bond acceptors (Lipinski definition) is 8. The van der Waals surface area contributed by atoms with Gasteiger partial charge < -0.3 is 42.1 Å². The van der Waals surface area contributed by atoms with Gasteiger partial charge in [0, 0.05) is 5.57 Å². The van der Waals surface area contributed by atoms with Gasteiger partial charge in [0.15, 0.2) is 0 Å². The molecule has 10 N–H and O–H groups in total. The summed E-state index contributed by atoms with van der Waals surface area (Å²) in [5.41, 5.74) is 8.37. The molecule has 0 aromatic heterocycles. The highest BCUT2D eigenvalue weighted by Crippen LogP contribution is 2.07. The van der Waals surface area contributed by atoms with Crippen LogP contribution in [0.5, 0.6) is 0 Å². The van der Waals surface area contributed by atoms with Crippen LogP contribution in [0.1, 0.15) is 6.42 Å². The topological polar surface area (TPSA) is 190 Å². The molecule has 0 aromatic carbocycles. The number of carbonyl (C=O) groups is 1. The average molecular weight is 268 g/mol. The maximum Gasteiger partial charge on any atom is 0.279 e. The summed E-state index contributed by atoms with van der Waals surface area (Å²) in [6, 6.07) is 0. The Hall–Kier alpha value is -1.07. The van der Waals surface area contributed by atoms with E-state index in [1.54, 1.807) is 0 Å². The van der Waals surface area contributed by atoms with Crippen molar-refractivity contribution in [1.82, 2.24) is 0 Å². The Morgan fingerprint density at radius 1 is 1.06 bits per heavy atom. The van der Waals surface area contributed by atoms with Crippen LogP contribution in [0.15, 0.2) is 12.2 Å². The van der Waals surface area contributed by atoms with E-state index < -0.39 is 43.7 Å². The molecule has 0 atom stereocenters. The van der Waals surface area contributed by atoms with Crippen molar-refractivity contribution < 1.29 is 35.4 Å². The summed E-state index contributed by atoms with van der Waals surface area (Å²) in [5.74, 6) is -3.77. The highest BCUT2D eigenvalue weighted by atomic mass is 16.7. The number of amides is 1. The first-order chi connectivity index (χ1) is 8.01. The number of carbonyl (C=O) groups excluding carboxylic acids is 1. The lowest BCUT2D eigenvalue weighted by atomic mass is 10.1. The molecule has 0 aromatic rings. The first-order valence-electron chi connectivity index (χ1n) is 4.77. The number of aliphatic hydroxyl groups is 6. The van der Waals surface area contributed by atoms with Gasteiger partial charge in [-0.25, -0.2) is 0 Å². The van der Waals surface area contributed by atoms with E-state index in [-0.39, 0.29) is 5.57 Å². The zero-order chi connectivity index (χ0) is 15.0. The van der Waals surface area contributed by atoms with Crippen molar-refractivity contribution in [2.75, 3.05) is 19.8 Å². The molecule has 0 aliphatic carbocycles. The lowest BCUT2D eigenvalue weighted by Crippen LogP contribution is -2.50. The Bertz CT molecular complexity index is 262. The molecular weight excluding hydrogens is 248 g/mol. The third kappa shape index (κ3) is 10.1. The molecule has 0 bridgehead atoms. The lowest BCUT2D eigenvalue weighted by Gasteiger charge is -2.20. The Balaban J connectivity index is 0. The van der Waals surface area contributed by atoms with E-state index in [2.05, 4.69) is 12.3 Å². The molecule has 0 aliphatic rings. The number of nitrogens with two attached hydrogens (primary N) is 2. The first-order valence-corrected chi connectivity index (χ1v) is 4.77. The monoisotopic (exact) mass is 268 g/mol. The third-order valence-corrected chi connectivity index (χ3v) is 1.74. The highest BCUT2D eigenvalue weighted by Gasteiger charge is 2.21. The molecule has 1 amide bonds. The van der Waals surface area contributed by atoms with E-state index in [4.69, 9.17) is 36.4 Å². The molecule has 0 fully saturated rings. The summed E-state index contributed by atoms with van der Waals surface area (Å²) in [6.07, 6.45) is -0.664. The van der Waals surface area contributed by atoms with Crippen LogP contribution in [0.3, 0.4) is 0 Å². The van der Waals surface area contributed by atoms with Crippen molar-refractivity contribution in [2.45, 2.75) is 17.9 Å². The molecule has 108 valence electrons. The zero-order valence-corrected chi connectivity index (χ0v) is 9.78. The summed E-state index contributed by atoms with van der Waals surface area (Å²) in [5, 5.41) is 49.9. The van der Waals surface area contributed by atoms with Crippen molar-refractivity contribution in [3.05, 3.63) is 12.2 Å². The summed E-state index contributed by atoms with van der Waals surface area (Å²) >= 11 is 0. The summed E-state index contributed by atoms with van der Waals surface area (Å²) in [4.78, 5) is 10.2. The van der Waals surface area contributed by atoms with Crippen LogP contribution >= 0.6 is 0 Å². The molecule has 0 heterocycles. The number of primary amides is 1. The van der Waals surface area contributed by atoms with Crippen LogP contribution in [0.4, 0.5) is 0 Å². The van der Waals surface area contributed by atoms with E-state index in [1.807, 2.05) is 0 Å². The molecule has 0 rings (SSSR count). The van der Waals surface area contributed by atoms with Crippen molar-refractivity contribution in [3.63, 3.8) is 0 Å². The second-order valence-corrected chi connectivity index (χ2v) is 3.76. The van der Waals surface area contributed by atoms with Crippen LogP contribution in [-0.2, 0) is 4.79 Å². The van der Waals surface area contributed by atoms with Crippen LogP contribution in [0.2, 0.25) is 0 Å². The largest absolute Gasteiger partial charge is 0.394 e. The maximum atomic E-state index is 10.2. The first kappa shape index (κ1) is 19.3. The minimum absolute atomic E-state index is 0.243. The van der Waals surface area contributed by atoms with Crippen molar-refractivity contribution in [2.24, 2.45) is 11.5 Å². The second-order valence-electron chi connectivity index (χ2n) is 3.76. The van der Waals surface area contributed by atoms with Crippen LogP contribution < -0.4 is 11.5 Å². The zero-order valence-electron chi connectivity index (χ0n) is 9.78. The Morgan fingerprint density at radius 2 is 1.39 bits per heavy atom. The van der Waals surface area contributed by atoms with Crippen LogP contribution in [0.25, 0.3) is 0 Å². The summed E-state index contributed by atoms with van der Waals surface area (Å²) < 4.78 is 0. The molecule has 0 radical (unpaired) electrons. The Morgan fingerprint density at radius 3 is 1.44 bits per heavy atom. The third-order valence-electron chi connectivity index (χ3n) is 1.74. The van der Waals surface area contributed by atoms with Crippen molar-refractivity contribution >= 4 is 5.91 Å². The van der Waals surface area contributed by atoms with Gasteiger partial charge in [0.25, 0.3) is 5.97 Å². The molecule has 0 saturated carbocycles. The second kappa shape index (κ2) is 8.11. The standard InChI is InChI=1S/C5H9NO4.C4H11NO3/c1-3(4(6)7)2-5(8,9)10;5-4(1-6,2-7)3-8/h8-10H,1-2H2,(H2,6,7);6-8H,1-3,5H2. The van der Waals surface area contributed by atoms with Gasteiger partial charge in [-0.2, -0.15) is 0 Å². The van der Waals surface area contributed by atoms with Gasteiger partial charge in [0.1, 0.15) is 0 Å². The molecule has 0 unspecified atom stereocenters.